The highest BCUT2D eigenvalue weighted by Gasteiger charge is 2.33. The lowest BCUT2D eigenvalue weighted by atomic mass is 10.1. The van der Waals surface area contributed by atoms with Crippen LogP contribution in [0.5, 0.6) is 0 Å². The van der Waals surface area contributed by atoms with Gasteiger partial charge in [0.05, 0.1) is 23.6 Å². The van der Waals surface area contributed by atoms with Crippen LogP contribution in [0.25, 0.3) is 11.3 Å². The Morgan fingerprint density at radius 3 is 2.36 bits per heavy atom. The highest BCUT2D eigenvalue weighted by Crippen LogP contribution is 2.36. The third kappa shape index (κ3) is 4.77. The fraction of sp³-hybridized carbons (Fsp3) is 0.200. The minimum absolute atomic E-state index is 0.103. The van der Waals surface area contributed by atoms with E-state index in [4.69, 9.17) is 0 Å². The van der Waals surface area contributed by atoms with Crippen molar-refractivity contribution in [2.75, 3.05) is 17.2 Å². The van der Waals surface area contributed by atoms with Gasteiger partial charge in [-0.15, -0.1) is 0 Å². The second-order valence-corrected chi connectivity index (χ2v) is 6.22. The zero-order valence-corrected chi connectivity index (χ0v) is 15.0. The fourth-order valence-corrected chi connectivity index (χ4v) is 2.58. The molecule has 3 aromatic rings. The van der Waals surface area contributed by atoms with Gasteiger partial charge < -0.3 is 15.7 Å². The Labute approximate surface area is 160 Å². The molecule has 0 bridgehead atoms. The maximum Gasteiger partial charge on any atom is 0.418 e. The van der Waals surface area contributed by atoms with Gasteiger partial charge in [0.15, 0.2) is 0 Å². The molecule has 0 saturated carbocycles. The van der Waals surface area contributed by atoms with Crippen molar-refractivity contribution < 1.29 is 18.3 Å². The lowest BCUT2D eigenvalue weighted by Crippen LogP contribution is -2.21. The van der Waals surface area contributed by atoms with Crippen molar-refractivity contribution in [3.8, 4) is 11.3 Å². The number of aromatic nitrogens is 2. The molecule has 2 aromatic carbocycles. The number of rotatable bonds is 6. The summed E-state index contributed by atoms with van der Waals surface area (Å²) in [6, 6.07) is 15.7. The van der Waals surface area contributed by atoms with Gasteiger partial charge in [-0.25, -0.2) is 4.98 Å². The number of para-hydroxylation sites is 1. The molecule has 1 heterocycles. The summed E-state index contributed by atoms with van der Waals surface area (Å²) in [5.41, 5.74) is 0.439. The van der Waals surface area contributed by atoms with Crippen molar-refractivity contribution in [2.24, 2.45) is 0 Å². The normalized spacial score (nSPS) is 12.5. The third-order valence-corrected chi connectivity index (χ3v) is 3.94. The third-order valence-electron chi connectivity index (χ3n) is 3.94. The fourth-order valence-electron chi connectivity index (χ4n) is 2.58. The maximum atomic E-state index is 13.3. The van der Waals surface area contributed by atoms with Crippen molar-refractivity contribution in [3.63, 3.8) is 0 Å². The average molecular weight is 388 g/mol. The van der Waals surface area contributed by atoms with Crippen molar-refractivity contribution in [2.45, 2.75) is 19.1 Å². The molecule has 3 rings (SSSR count). The summed E-state index contributed by atoms with van der Waals surface area (Å²) in [5, 5.41) is 14.9. The number of nitrogens with zero attached hydrogens (tertiary/aromatic N) is 2. The van der Waals surface area contributed by atoms with E-state index < -0.39 is 11.7 Å². The Morgan fingerprint density at radius 1 is 1.00 bits per heavy atom. The second-order valence-electron chi connectivity index (χ2n) is 6.22. The van der Waals surface area contributed by atoms with Crippen molar-refractivity contribution >= 4 is 17.5 Å². The van der Waals surface area contributed by atoms with Gasteiger partial charge >= 0.3 is 6.18 Å². The number of aliphatic hydroxyl groups is 1. The van der Waals surface area contributed by atoms with E-state index in [1.54, 1.807) is 13.0 Å². The number of alkyl halides is 3. The molecular formula is C20H19F3N4O. The summed E-state index contributed by atoms with van der Waals surface area (Å²) in [4.78, 5) is 8.66. The standard InChI is InChI=1S/C20H19F3N4O/c1-13(12-28)24-19-26-17(14-7-3-2-4-8-14)11-18(27-19)25-16-10-6-5-9-15(16)20(21,22)23/h2-11,13,28H,12H2,1H3,(H2,24,25,26,27)/t13-/m1/s1. The highest BCUT2D eigenvalue weighted by molar-refractivity contribution is 5.68. The number of hydrogen-bond donors (Lipinski definition) is 3. The van der Waals surface area contributed by atoms with E-state index >= 15 is 0 Å². The molecule has 3 N–H and O–H groups in total. The lowest BCUT2D eigenvalue weighted by Gasteiger charge is -2.16. The van der Waals surface area contributed by atoms with Crippen molar-refractivity contribution in [1.29, 1.82) is 0 Å². The minimum Gasteiger partial charge on any atom is -0.394 e. The SMILES string of the molecule is C[C@H](CO)Nc1nc(Nc2ccccc2C(F)(F)F)cc(-c2ccccc2)n1. The first-order chi connectivity index (χ1) is 13.4. The van der Waals surface area contributed by atoms with Crippen LogP contribution in [0.2, 0.25) is 0 Å². The van der Waals surface area contributed by atoms with Gasteiger partial charge in [0.25, 0.3) is 0 Å². The Balaban J connectivity index is 2.02. The molecule has 0 fully saturated rings. The molecule has 5 nitrogen and oxygen atoms in total. The molecule has 0 aliphatic heterocycles. The Hall–Kier alpha value is -3.13. The number of halogens is 3. The van der Waals surface area contributed by atoms with Gasteiger partial charge in [-0.1, -0.05) is 42.5 Å². The summed E-state index contributed by atoms with van der Waals surface area (Å²) < 4.78 is 39.8. The van der Waals surface area contributed by atoms with Crippen LogP contribution in [0.15, 0.2) is 60.7 Å². The van der Waals surface area contributed by atoms with Gasteiger partial charge in [-0.3, -0.25) is 0 Å². The molecule has 0 radical (unpaired) electrons. The molecule has 146 valence electrons. The van der Waals surface area contributed by atoms with Gasteiger partial charge in [0.2, 0.25) is 5.95 Å². The summed E-state index contributed by atoms with van der Waals surface area (Å²) in [7, 11) is 0. The molecule has 0 aliphatic carbocycles. The zero-order valence-electron chi connectivity index (χ0n) is 15.0. The van der Waals surface area contributed by atoms with Gasteiger partial charge in [0.1, 0.15) is 5.82 Å². The van der Waals surface area contributed by atoms with Crippen LogP contribution in [0.4, 0.5) is 30.6 Å². The molecule has 0 unspecified atom stereocenters. The van der Waals surface area contributed by atoms with E-state index in [9.17, 15) is 18.3 Å². The molecule has 8 heteroatoms. The molecule has 0 saturated heterocycles. The zero-order chi connectivity index (χ0) is 20.1. The molecular weight excluding hydrogens is 369 g/mol. The van der Waals surface area contributed by atoms with Gasteiger partial charge in [-0.05, 0) is 19.1 Å². The second kappa shape index (κ2) is 8.26. The van der Waals surface area contributed by atoms with Crippen LogP contribution in [-0.2, 0) is 6.18 Å². The van der Waals surface area contributed by atoms with Crippen LogP contribution in [-0.4, -0.2) is 27.7 Å². The summed E-state index contributed by atoms with van der Waals surface area (Å²) in [6.45, 7) is 1.60. The van der Waals surface area contributed by atoms with Gasteiger partial charge in [0, 0.05) is 17.7 Å². The molecule has 1 aromatic heterocycles. The molecule has 0 amide bonds. The monoisotopic (exact) mass is 388 g/mol. The summed E-state index contributed by atoms with van der Waals surface area (Å²) in [5.74, 6) is 0.410. The number of hydrogen-bond acceptors (Lipinski definition) is 5. The first-order valence-corrected chi connectivity index (χ1v) is 8.62. The van der Waals surface area contributed by atoms with Crippen LogP contribution in [0, 0.1) is 0 Å². The van der Waals surface area contributed by atoms with E-state index in [1.807, 2.05) is 30.3 Å². The number of anilines is 3. The summed E-state index contributed by atoms with van der Waals surface area (Å²) >= 11 is 0. The Morgan fingerprint density at radius 2 is 1.68 bits per heavy atom. The van der Waals surface area contributed by atoms with E-state index in [0.717, 1.165) is 11.6 Å². The maximum absolute atomic E-state index is 13.3. The minimum atomic E-state index is -4.49. The molecule has 0 aliphatic rings. The number of aliphatic hydroxyl groups excluding tert-OH is 1. The summed E-state index contributed by atoms with van der Waals surface area (Å²) in [6.07, 6.45) is -4.49. The van der Waals surface area contributed by atoms with E-state index in [-0.39, 0.29) is 30.1 Å². The molecule has 1 atom stereocenters. The average Bonchev–Trinajstić information content (AvgIpc) is 2.68. The van der Waals surface area contributed by atoms with Crippen LogP contribution in [0.1, 0.15) is 12.5 Å². The first-order valence-electron chi connectivity index (χ1n) is 8.62. The topological polar surface area (TPSA) is 70.1 Å². The first kappa shape index (κ1) is 19.6. The van der Waals surface area contributed by atoms with Crippen molar-refractivity contribution in [1.82, 2.24) is 9.97 Å². The van der Waals surface area contributed by atoms with E-state index in [1.165, 1.54) is 18.2 Å². The largest absolute Gasteiger partial charge is 0.418 e. The van der Waals surface area contributed by atoms with E-state index in [2.05, 4.69) is 20.6 Å². The quantitative estimate of drug-likeness (QED) is 0.571. The predicted octanol–water partition coefficient (Wildman–Crippen LogP) is 4.70. The number of benzene rings is 2. The van der Waals surface area contributed by atoms with E-state index in [0.29, 0.717) is 5.69 Å². The van der Waals surface area contributed by atoms with Crippen LogP contribution in [0.3, 0.4) is 0 Å². The Kier molecular flexibility index (Phi) is 5.79. The Bertz CT molecular complexity index is 932. The number of nitrogens with one attached hydrogen (secondary N) is 2. The molecule has 28 heavy (non-hydrogen) atoms. The lowest BCUT2D eigenvalue weighted by molar-refractivity contribution is -0.136. The smallest absolute Gasteiger partial charge is 0.394 e. The highest BCUT2D eigenvalue weighted by atomic mass is 19.4. The van der Waals surface area contributed by atoms with Crippen LogP contribution < -0.4 is 10.6 Å². The van der Waals surface area contributed by atoms with Gasteiger partial charge in [-0.2, -0.15) is 18.2 Å². The van der Waals surface area contributed by atoms with Crippen LogP contribution >= 0.6 is 0 Å². The van der Waals surface area contributed by atoms with Crippen molar-refractivity contribution in [3.05, 3.63) is 66.2 Å². The molecule has 0 spiro atoms. The predicted molar refractivity (Wildman–Crippen MR) is 102 cm³/mol.